The average Bonchev–Trinajstić information content (AvgIpc) is 3.58. The van der Waals surface area contributed by atoms with Gasteiger partial charge in [-0.25, -0.2) is 9.98 Å². The number of amidine groups is 2. The van der Waals surface area contributed by atoms with Crippen molar-refractivity contribution in [2.75, 3.05) is 0 Å². The molecule has 0 saturated carbocycles. The molecule has 3 heterocycles. The Morgan fingerprint density at radius 2 is 1.34 bits per heavy atom. The minimum atomic E-state index is -0.505. The largest absolute Gasteiger partial charge is 0.324 e. The van der Waals surface area contributed by atoms with Crippen LogP contribution in [-0.4, -0.2) is 16.2 Å². The highest BCUT2D eigenvalue weighted by Gasteiger charge is 2.26. The van der Waals surface area contributed by atoms with Crippen LogP contribution in [0.1, 0.15) is 49.4 Å². The van der Waals surface area contributed by atoms with Crippen molar-refractivity contribution in [3.05, 3.63) is 132 Å². The molecule has 0 bridgehead atoms. The second kappa shape index (κ2) is 11.4. The van der Waals surface area contributed by atoms with Gasteiger partial charge in [0.2, 0.25) is 6.29 Å². The monoisotopic (exact) mass is 552 g/mol. The second-order valence-corrected chi connectivity index (χ2v) is 10.5. The molecule has 1 aliphatic rings. The van der Waals surface area contributed by atoms with Gasteiger partial charge < -0.3 is 5.32 Å². The summed E-state index contributed by atoms with van der Waals surface area (Å²) in [4.78, 5) is 10.4. The number of nitrogens with zero attached hydrogens (tertiary/aromatic N) is 3. The third-order valence-corrected chi connectivity index (χ3v) is 8.36. The van der Waals surface area contributed by atoms with Crippen LogP contribution < -0.4 is 5.32 Å². The second-order valence-electron chi connectivity index (χ2n) is 9.47. The zero-order valence-corrected chi connectivity index (χ0v) is 24.3. The number of thiophene rings is 1. The first kappa shape index (κ1) is 26.5. The highest BCUT2D eigenvalue weighted by Crippen LogP contribution is 2.43. The van der Waals surface area contributed by atoms with E-state index in [-0.39, 0.29) is 0 Å². The Morgan fingerprint density at radius 3 is 1.95 bits per heavy atom. The van der Waals surface area contributed by atoms with Crippen LogP contribution in [0.5, 0.6) is 0 Å². The van der Waals surface area contributed by atoms with Crippen molar-refractivity contribution in [2.45, 2.75) is 27.1 Å². The Kier molecular flexibility index (Phi) is 7.36. The normalized spacial score (nSPS) is 13.6. The molecule has 4 aromatic carbocycles. The number of rotatable bonds is 5. The van der Waals surface area contributed by atoms with Crippen molar-refractivity contribution >= 4 is 66.2 Å². The van der Waals surface area contributed by atoms with Gasteiger partial charge in [-0.1, -0.05) is 124 Å². The summed E-state index contributed by atoms with van der Waals surface area (Å²) in [5.41, 5.74) is 5.31. The number of hydrogen-bond donors (Lipinski definition) is 1. The van der Waals surface area contributed by atoms with Gasteiger partial charge >= 0.3 is 0 Å². The van der Waals surface area contributed by atoms with E-state index in [0.717, 1.165) is 45.0 Å². The number of aromatic nitrogens is 1. The van der Waals surface area contributed by atoms with Crippen LogP contribution >= 0.6 is 11.3 Å². The van der Waals surface area contributed by atoms with Crippen molar-refractivity contribution in [3.8, 4) is 0 Å². The number of nitrogens with one attached hydrogen (secondary N) is 1. The van der Waals surface area contributed by atoms with Gasteiger partial charge in [0.05, 0.1) is 15.9 Å². The van der Waals surface area contributed by atoms with Crippen LogP contribution in [0, 0.1) is 0 Å². The van der Waals surface area contributed by atoms with Crippen molar-refractivity contribution in [3.63, 3.8) is 0 Å². The molecule has 5 heteroatoms. The van der Waals surface area contributed by atoms with Gasteiger partial charge in [-0.05, 0) is 19.1 Å². The fourth-order valence-electron chi connectivity index (χ4n) is 5.44. The summed E-state index contributed by atoms with van der Waals surface area (Å²) in [6.07, 6.45) is 5.67. The number of fused-ring (bicyclic) bond motifs is 5. The summed E-state index contributed by atoms with van der Waals surface area (Å²) in [5, 5.41) is 7.19. The van der Waals surface area contributed by atoms with E-state index in [4.69, 9.17) is 9.98 Å². The summed E-state index contributed by atoms with van der Waals surface area (Å²) >= 11 is 1.82. The lowest BCUT2D eigenvalue weighted by atomic mass is 10.1. The van der Waals surface area contributed by atoms with Crippen LogP contribution in [0.3, 0.4) is 0 Å². The summed E-state index contributed by atoms with van der Waals surface area (Å²) in [7, 11) is 0. The van der Waals surface area contributed by atoms with E-state index in [2.05, 4.69) is 89.3 Å². The maximum absolute atomic E-state index is 5.22. The fourth-order valence-corrected chi connectivity index (χ4v) is 6.69. The molecule has 0 radical (unpaired) electrons. The van der Waals surface area contributed by atoms with Gasteiger partial charge in [-0.3, -0.25) is 4.57 Å². The highest BCUT2D eigenvalue weighted by molar-refractivity contribution is 7.26. The molecule has 202 valence electrons. The van der Waals surface area contributed by atoms with E-state index in [1.165, 1.54) is 20.2 Å². The number of aliphatic imine (C=N–C) groups is 2. The zero-order valence-electron chi connectivity index (χ0n) is 23.5. The van der Waals surface area contributed by atoms with Crippen molar-refractivity contribution < 1.29 is 0 Å². The molecular formula is C36H32N4S. The van der Waals surface area contributed by atoms with Crippen molar-refractivity contribution in [1.29, 1.82) is 0 Å². The Bertz CT molecular complexity index is 1900. The molecule has 0 fully saturated rings. The third kappa shape index (κ3) is 4.58. The molecule has 4 nitrogen and oxygen atoms in total. The maximum Gasteiger partial charge on any atom is 0.225 e. The Labute approximate surface area is 244 Å². The van der Waals surface area contributed by atoms with E-state index in [9.17, 15) is 0 Å². The van der Waals surface area contributed by atoms with E-state index in [1.54, 1.807) is 0 Å². The maximum atomic E-state index is 5.22. The summed E-state index contributed by atoms with van der Waals surface area (Å²) in [6.45, 7) is 10.2. The van der Waals surface area contributed by atoms with E-state index < -0.39 is 6.29 Å². The van der Waals surface area contributed by atoms with Crippen LogP contribution in [0.4, 0.5) is 0 Å². The molecular weight excluding hydrogens is 520 g/mol. The molecule has 41 heavy (non-hydrogen) atoms. The van der Waals surface area contributed by atoms with Gasteiger partial charge in [0.1, 0.15) is 11.7 Å². The smallest absolute Gasteiger partial charge is 0.225 e. The first-order valence-electron chi connectivity index (χ1n) is 14.0. The lowest BCUT2D eigenvalue weighted by molar-refractivity contribution is 0.557. The molecule has 1 N–H and O–H groups in total. The Hall–Kier alpha value is -4.74. The molecule has 0 atom stereocenters. The number of allylic oxidation sites excluding steroid dienone is 1. The number of hydrogen-bond acceptors (Lipinski definition) is 4. The SMILES string of the molecule is C=Cc1c(/C=C\C)n(C2N=C(c3ccccc3)NC(c3ccccc3)=N2)c2c1ccc1c3ccccc3sc12.CC. The molecule has 0 aliphatic carbocycles. The van der Waals surface area contributed by atoms with Gasteiger partial charge in [0.25, 0.3) is 0 Å². The zero-order chi connectivity index (χ0) is 28.3. The molecule has 7 rings (SSSR count). The predicted molar refractivity (Wildman–Crippen MR) is 179 cm³/mol. The quantitative estimate of drug-likeness (QED) is 0.227. The Balaban J connectivity index is 0.00000148. The Morgan fingerprint density at radius 1 is 0.756 bits per heavy atom. The van der Waals surface area contributed by atoms with Crippen LogP contribution in [-0.2, 0) is 0 Å². The van der Waals surface area contributed by atoms with Crippen molar-refractivity contribution in [2.24, 2.45) is 9.98 Å². The summed E-state index contributed by atoms with van der Waals surface area (Å²) in [5.74, 6) is 1.60. The predicted octanol–water partition coefficient (Wildman–Crippen LogP) is 9.66. The fraction of sp³-hybridized carbons (Fsp3) is 0.111. The topological polar surface area (TPSA) is 41.7 Å². The van der Waals surface area contributed by atoms with E-state index in [0.29, 0.717) is 0 Å². The lowest BCUT2D eigenvalue weighted by Crippen LogP contribution is -2.37. The third-order valence-electron chi connectivity index (χ3n) is 7.17. The van der Waals surface area contributed by atoms with Crippen molar-refractivity contribution in [1.82, 2.24) is 9.88 Å². The van der Waals surface area contributed by atoms with Gasteiger partial charge in [0.15, 0.2) is 0 Å². The van der Waals surface area contributed by atoms with Crippen LogP contribution in [0.2, 0.25) is 0 Å². The summed E-state index contributed by atoms with van der Waals surface area (Å²) in [6, 6.07) is 33.6. The van der Waals surface area contributed by atoms with Gasteiger partial charge in [-0.2, -0.15) is 0 Å². The first-order valence-corrected chi connectivity index (χ1v) is 14.8. The molecule has 0 unspecified atom stereocenters. The molecule has 6 aromatic rings. The highest BCUT2D eigenvalue weighted by atomic mass is 32.1. The van der Waals surface area contributed by atoms with Gasteiger partial charge in [0, 0.05) is 37.5 Å². The molecule has 2 aromatic heterocycles. The molecule has 1 aliphatic heterocycles. The number of benzene rings is 4. The minimum absolute atomic E-state index is 0.505. The molecule has 0 saturated heterocycles. The summed E-state index contributed by atoms with van der Waals surface area (Å²) < 4.78 is 4.79. The van der Waals surface area contributed by atoms with E-state index >= 15 is 0 Å². The standard InChI is InChI=1S/C34H26N4S.C2H6/c1-3-13-28-24(4-2)26-20-21-27-25-18-11-12-19-29(25)39-31(27)30(26)38(28)34-36-32(22-14-7-5-8-15-22)35-33(37-34)23-16-9-6-10-17-23;1-2/h3-21,34H,2H2,1H3,(H,35,36,37);1-2H3/b13-3-;. The van der Waals surface area contributed by atoms with Crippen LogP contribution in [0.15, 0.2) is 120 Å². The lowest BCUT2D eigenvalue weighted by Gasteiger charge is -2.24. The minimum Gasteiger partial charge on any atom is -0.324 e. The van der Waals surface area contributed by atoms with E-state index in [1.807, 2.05) is 74.6 Å². The molecule has 0 spiro atoms. The molecule has 0 amide bonds. The van der Waals surface area contributed by atoms with Gasteiger partial charge in [-0.15, -0.1) is 11.3 Å². The first-order chi connectivity index (χ1) is 20.3. The average molecular weight is 553 g/mol. The van der Waals surface area contributed by atoms with Crippen LogP contribution in [0.25, 0.3) is 43.2 Å².